The number of phenolic OH excluding ortho intramolecular Hbond substituents is 5. The number of benzene rings is 7. The van der Waals surface area contributed by atoms with Gasteiger partial charge in [-0.05, 0) is 108 Å². The zero-order valence-electron chi connectivity index (χ0n) is 48.3. The smallest absolute Gasteiger partial charge is 0.508 e. The summed E-state index contributed by atoms with van der Waals surface area (Å²) < 4.78 is 5.67. The Balaban J connectivity index is 0.000000520. The topological polar surface area (TPSA) is 135 Å². The number of phenols is 5. The molecule has 5 N–H and O–H groups in total. The van der Waals surface area contributed by atoms with Crippen LogP contribution in [-0.4, -0.2) is 39.4 Å². The second-order valence-corrected chi connectivity index (χ2v) is 24.3. The molecule has 0 bridgehead atoms. The van der Waals surface area contributed by atoms with Crippen LogP contribution < -0.4 is 0 Å². The molecule has 7 aromatic carbocycles. The molecule has 0 aliphatic carbocycles. The summed E-state index contributed by atoms with van der Waals surface area (Å²) in [6.07, 6.45) is 1.43. The highest BCUT2D eigenvalue weighted by atomic mass is 31.0. The first kappa shape index (κ1) is 58.2. The Morgan fingerprint density at radius 2 is 0.622 bits per heavy atom. The third-order valence-electron chi connectivity index (χ3n) is 13.3. The quantitative estimate of drug-likeness (QED) is 0.0581. The molecule has 392 valence electrons. The van der Waals surface area contributed by atoms with E-state index in [1.807, 2.05) is 54.6 Å². The van der Waals surface area contributed by atoms with Crippen molar-refractivity contribution in [1.29, 1.82) is 1.28 Å². The van der Waals surface area contributed by atoms with Crippen LogP contribution in [0.3, 0.4) is 0 Å². The largest absolute Gasteiger partial charge is 1.00 e. The van der Waals surface area contributed by atoms with E-state index >= 15 is 0 Å². The van der Waals surface area contributed by atoms with Crippen molar-refractivity contribution in [2.24, 2.45) is 0 Å². The molecule has 1 atom stereocenters. The predicted octanol–water partition coefficient (Wildman–Crippen LogP) is 16.2. The molecule has 1 unspecified atom stereocenters. The van der Waals surface area contributed by atoms with Gasteiger partial charge in [0.1, 0.15) is 41.3 Å². The van der Waals surface area contributed by atoms with E-state index < -0.39 is 11.8 Å². The van der Waals surface area contributed by atoms with Crippen LogP contribution in [0.1, 0.15) is 199 Å². The lowest BCUT2D eigenvalue weighted by molar-refractivity contribution is 0.112. The minimum atomic E-state index is -0.533. The van der Waals surface area contributed by atoms with Gasteiger partial charge in [-0.2, -0.15) is 9.84 Å². The maximum atomic E-state index is 11.6. The van der Waals surface area contributed by atoms with E-state index in [2.05, 4.69) is 134 Å². The molecular formula is C66H82O7P+. The molecule has 0 aromatic heterocycles. The van der Waals surface area contributed by atoms with Gasteiger partial charge in [-0.1, -0.05) is 207 Å². The monoisotopic (exact) mass is 1020 g/mol. The fourth-order valence-electron chi connectivity index (χ4n) is 8.65. The molecule has 0 spiro atoms. The van der Waals surface area contributed by atoms with E-state index in [0.717, 1.165) is 33.4 Å². The van der Waals surface area contributed by atoms with Gasteiger partial charge in [-0.3, -0.25) is 9.59 Å². The number of carbonyl (C=O) groups excluding carboxylic acids is 2. The zero-order valence-corrected chi connectivity index (χ0v) is 47.5. The molecule has 7 rings (SSSR count). The average molecular weight is 1020 g/mol. The van der Waals surface area contributed by atoms with Crippen molar-refractivity contribution in [2.45, 2.75) is 143 Å². The minimum absolute atomic E-state index is 0. The summed E-state index contributed by atoms with van der Waals surface area (Å²) in [6.45, 7) is 32.3. The van der Waals surface area contributed by atoms with Gasteiger partial charge < -0.3 is 25.5 Å². The van der Waals surface area contributed by atoms with E-state index in [1.165, 1.54) is 5.56 Å². The highest BCUT2D eigenvalue weighted by Crippen LogP contribution is 2.47. The maximum Gasteiger partial charge on any atom is 1.00 e. The van der Waals surface area contributed by atoms with Crippen LogP contribution in [0.2, 0.25) is 0 Å². The van der Waals surface area contributed by atoms with E-state index in [9.17, 15) is 30.0 Å². The third kappa shape index (κ3) is 15.2. The normalized spacial score (nSPS) is 12.1. The van der Waals surface area contributed by atoms with Crippen LogP contribution in [0.4, 0.5) is 0 Å². The van der Waals surface area contributed by atoms with E-state index in [1.54, 1.807) is 70.5 Å². The average Bonchev–Trinajstić information content (AvgIpc) is 3.33. The van der Waals surface area contributed by atoms with Crippen LogP contribution in [0.15, 0.2) is 146 Å². The highest BCUT2D eigenvalue weighted by Gasteiger charge is 2.31. The van der Waals surface area contributed by atoms with Crippen molar-refractivity contribution < 1.29 is 36.5 Å². The van der Waals surface area contributed by atoms with Gasteiger partial charge in [0, 0.05) is 45.2 Å². The Labute approximate surface area is 447 Å². The van der Waals surface area contributed by atoms with Crippen molar-refractivity contribution in [3.8, 4) is 28.7 Å². The minimum Gasteiger partial charge on any atom is -0.508 e. The molecule has 0 fully saturated rings. The first-order valence-corrected chi connectivity index (χ1v) is 25.1. The van der Waals surface area contributed by atoms with Gasteiger partial charge in [0.05, 0.1) is 1.28 Å². The lowest BCUT2D eigenvalue weighted by Gasteiger charge is -2.29. The fraction of sp³-hybridized carbons (Fsp3) is 0.333. The Morgan fingerprint density at radius 3 is 0.878 bits per heavy atom. The predicted molar refractivity (Wildman–Crippen MR) is 312 cm³/mol. The summed E-state index contributed by atoms with van der Waals surface area (Å²) in [7, 11) is 1.67. The SMILES string of the molecule is CC(C)(C)c1ccc(O)c(C(c2cccc(C(c3cc(C(C)(C)C)ccc3O)c3cc(C(C)(C)C)ccc3O)c2)c2cc(C(C)(C)C)ccc2O)c1.CC(C)(C)c1ccc(O)cc1.O=Cc1cccc(C=O)c1.[3H]P.[H+]. The molecule has 7 nitrogen and oxygen atoms in total. The Bertz CT molecular complexity index is 2740. The van der Waals surface area contributed by atoms with E-state index in [4.69, 9.17) is 6.39 Å². The fourth-order valence-corrected chi connectivity index (χ4v) is 8.65. The second kappa shape index (κ2) is 23.7. The van der Waals surface area contributed by atoms with Gasteiger partial charge >= 0.3 is 1.43 Å². The number of aromatic hydroxyl groups is 5. The summed E-state index contributed by atoms with van der Waals surface area (Å²) >= 11 is 0. The Morgan fingerprint density at radius 1 is 0.365 bits per heavy atom. The summed E-state index contributed by atoms with van der Waals surface area (Å²) in [5.41, 5.74) is 10.5. The summed E-state index contributed by atoms with van der Waals surface area (Å²) in [6, 6.07) is 45.2. The number of hydrogen-bond acceptors (Lipinski definition) is 7. The number of aldehydes is 2. The van der Waals surface area contributed by atoms with Crippen LogP contribution >= 0.6 is 9.84 Å². The van der Waals surface area contributed by atoms with Crippen LogP contribution in [0.5, 0.6) is 28.7 Å². The van der Waals surface area contributed by atoms with E-state index in [0.29, 0.717) is 51.7 Å². The molecule has 0 aliphatic rings. The van der Waals surface area contributed by atoms with Gasteiger partial charge in [0.25, 0.3) is 0 Å². The first-order chi connectivity index (χ1) is 34.8. The summed E-state index contributed by atoms with van der Waals surface area (Å²) in [4.78, 5) is 20.3. The summed E-state index contributed by atoms with van der Waals surface area (Å²) in [5, 5.41) is 55.4. The zero-order chi connectivity index (χ0) is 56.4. The molecule has 0 aliphatic heterocycles. The molecule has 0 heterocycles. The van der Waals surface area contributed by atoms with Crippen molar-refractivity contribution >= 4 is 22.4 Å². The lowest BCUT2D eigenvalue weighted by Crippen LogP contribution is -2.16. The lowest BCUT2D eigenvalue weighted by atomic mass is 9.75. The molecule has 0 amide bonds. The molecule has 8 heteroatoms. The van der Waals surface area contributed by atoms with Crippen molar-refractivity contribution in [2.75, 3.05) is 0 Å². The molecule has 74 heavy (non-hydrogen) atoms. The van der Waals surface area contributed by atoms with Crippen LogP contribution in [0.25, 0.3) is 0 Å². The van der Waals surface area contributed by atoms with Crippen LogP contribution in [-0.2, 0) is 27.1 Å². The first-order valence-electron chi connectivity index (χ1n) is 25.6. The second-order valence-electron chi connectivity index (χ2n) is 24.3. The number of carbonyl (C=O) groups is 2. The van der Waals surface area contributed by atoms with Gasteiger partial charge in [-0.15, -0.1) is 0 Å². The molecular weight excluding hydrogens is 936 g/mol. The maximum absolute atomic E-state index is 11.6. The third-order valence-corrected chi connectivity index (χ3v) is 13.3. The Kier molecular flexibility index (Phi) is 18.6. The standard InChI is InChI=1S/C48H58O4.C10H14O.C8H6O2.H3P/c1-45(2,3)31-16-20-39(49)35(25-31)43(36-26-32(46(4,5)6)17-21-40(36)50)29-14-13-15-30(24-29)44(37-27-33(47(7,8)9)18-22-41(37)51)38-28-34(48(10,11)12)19-23-42(38)52;1-10(2,3)8-4-6-9(11)7-5-8;9-5-7-2-1-3-8(4-7)6-10;/h13-28,43-44,49-52H,1-12H3;4-7,11H,1-3H3;1-6H;1H3/p+1/i;;;1T. The van der Waals surface area contributed by atoms with E-state index in [-0.39, 0.29) is 51.5 Å². The van der Waals surface area contributed by atoms with Gasteiger partial charge in [-0.25, -0.2) is 0 Å². The van der Waals surface area contributed by atoms with Crippen LogP contribution in [0, 0.1) is 0 Å². The van der Waals surface area contributed by atoms with Crippen molar-refractivity contribution in [3.05, 3.63) is 218 Å². The molecule has 0 saturated heterocycles. The molecule has 0 saturated carbocycles. The highest BCUT2D eigenvalue weighted by molar-refractivity contribution is 6.92. The number of rotatable bonds is 8. The van der Waals surface area contributed by atoms with Gasteiger partial charge in [0.15, 0.2) is 0 Å². The molecule has 0 radical (unpaired) electrons. The number of hydrogen-bond donors (Lipinski definition) is 5. The summed E-state index contributed by atoms with van der Waals surface area (Å²) in [5.74, 6) is -0.155. The Hall–Kier alpha value is -6.69. The van der Waals surface area contributed by atoms with Crippen molar-refractivity contribution in [1.82, 2.24) is 0 Å². The molecule has 7 aromatic rings. The van der Waals surface area contributed by atoms with Crippen molar-refractivity contribution in [3.63, 3.8) is 0 Å². The van der Waals surface area contributed by atoms with Gasteiger partial charge in [0.2, 0.25) is 0 Å².